The standard InChI is InChI=1S/C55H96N16O13/c1-30(2)12-10-11-15-43(74)62-35(16-22-56)50(79)71-45(33(6)73)55(84)67-38(19-25-59)47(76)66-40-21-27-61-54(83)44(32(5)72)70-51(80)39(20-26-60)64-46(75)36(17-23-57)65-52(81)41(28-31(3)4)68-53(82)42(29-34-13-8-7-9-14-34)69-48(77)37(18-24-58)63-49(40)78/h7-9,13-14,30-33,35-42,44-45,72-73H,10-12,15-29,56-60H2,1-6H3,(H,61,83)(H,62,74)(H,63,78)(H,64,75)(H,65,81)(H,66,76)(H,67,84)(H,68,82)(H,69,77)(H,70,80)(H,71,79)/t32-,33-,35+,36+,37+,38+,39+,40+,41+,42+,44+,45+/m1/s1. The van der Waals surface area contributed by atoms with Crippen LogP contribution >= 0.6 is 0 Å². The Balaban J connectivity index is 2.69. The number of benzene rings is 1. The number of amides is 11. The first kappa shape index (κ1) is 73.2. The van der Waals surface area contributed by atoms with Crippen molar-refractivity contribution in [3.63, 3.8) is 0 Å². The lowest BCUT2D eigenvalue weighted by atomic mass is 10.00. The highest BCUT2D eigenvalue weighted by Crippen LogP contribution is 2.12. The molecule has 1 fully saturated rings. The zero-order valence-corrected chi connectivity index (χ0v) is 49.5. The van der Waals surface area contributed by atoms with E-state index in [4.69, 9.17) is 28.7 Å². The number of nitrogens with one attached hydrogen (secondary N) is 11. The normalized spacial score (nSPS) is 22.7. The van der Waals surface area contributed by atoms with Gasteiger partial charge in [-0.25, -0.2) is 0 Å². The van der Waals surface area contributed by atoms with E-state index in [1.807, 2.05) is 0 Å². The fraction of sp³-hybridized carbons (Fsp3) is 0.691. The fourth-order valence-corrected chi connectivity index (χ4v) is 8.98. The zero-order valence-electron chi connectivity index (χ0n) is 49.5. The molecule has 29 heteroatoms. The molecule has 0 aliphatic carbocycles. The van der Waals surface area contributed by atoms with Gasteiger partial charge in [0, 0.05) is 19.4 Å². The van der Waals surface area contributed by atoms with Crippen molar-refractivity contribution in [3.8, 4) is 0 Å². The van der Waals surface area contributed by atoms with Crippen molar-refractivity contribution >= 4 is 65.0 Å². The Bertz CT molecular complexity index is 2290. The second-order valence-corrected chi connectivity index (χ2v) is 21.9. The molecule has 1 aromatic carbocycles. The molecular formula is C55H96N16O13. The first-order chi connectivity index (χ1) is 39.8. The Labute approximate surface area is 491 Å². The molecule has 1 heterocycles. The smallest absolute Gasteiger partial charge is 0.245 e. The summed E-state index contributed by atoms with van der Waals surface area (Å²) in [6, 6.07) is -6.23. The second kappa shape index (κ2) is 38.9. The molecule has 0 spiro atoms. The molecule has 29 nitrogen and oxygen atoms in total. The van der Waals surface area contributed by atoms with Crippen molar-refractivity contribution in [2.45, 2.75) is 191 Å². The van der Waals surface area contributed by atoms with Crippen LogP contribution in [0, 0.1) is 11.8 Å². The van der Waals surface area contributed by atoms with E-state index in [0.29, 0.717) is 17.9 Å². The molecule has 0 radical (unpaired) electrons. The summed E-state index contributed by atoms with van der Waals surface area (Å²) >= 11 is 0. The van der Waals surface area contributed by atoms with E-state index >= 15 is 0 Å². The van der Waals surface area contributed by atoms with Crippen LogP contribution in [0.5, 0.6) is 0 Å². The Morgan fingerprint density at radius 1 is 0.536 bits per heavy atom. The minimum absolute atomic E-state index is 0.0181. The van der Waals surface area contributed by atoms with E-state index in [9.17, 15) is 63.0 Å². The Morgan fingerprint density at radius 2 is 1.02 bits per heavy atom. The lowest BCUT2D eigenvalue weighted by molar-refractivity contribution is -0.137. The predicted molar refractivity (Wildman–Crippen MR) is 312 cm³/mol. The number of carbonyl (C=O) groups excluding carboxylic acids is 11. The molecule has 23 N–H and O–H groups in total. The van der Waals surface area contributed by atoms with Gasteiger partial charge in [-0.2, -0.15) is 0 Å². The third kappa shape index (κ3) is 26.4. The number of aliphatic hydroxyl groups is 2. The lowest BCUT2D eigenvalue weighted by Crippen LogP contribution is -2.62. The van der Waals surface area contributed by atoms with Gasteiger partial charge in [0.2, 0.25) is 65.0 Å². The lowest BCUT2D eigenvalue weighted by Gasteiger charge is -2.29. The number of unbranched alkanes of at least 4 members (excludes halogenated alkanes) is 1. The van der Waals surface area contributed by atoms with Gasteiger partial charge in [-0.05, 0) is 115 Å². The van der Waals surface area contributed by atoms with Crippen LogP contribution in [-0.4, -0.2) is 187 Å². The summed E-state index contributed by atoms with van der Waals surface area (Å²) in [6.45, 7) is 8.92. The molecule has 0 aromatic heterocycles. The SMILES string of the molecule is CC(C)CCCCC(=O)N[C@@H](CCN)C(=O)N[C@H](C(=O)N[C@@H](CCN)C(=O)N[C@H]1CCNC(=O)[C@H]([C@@H](C)O)NC(=O)[C@H](CCN)NC(=O)[C@H](CCN)NC(=O)[C@H](CC(C)C)NC(=O)[C@H](Cc2ccccc2)NC(=O)[C@H](CCN)NC1=O)[C@@H](C)O. The van der Waals surface area contributed by atoms with Crippen molar-refractivity contribution in [1.82, 2.24) is 58.5 Å². The second-order valence-electron chi connectivity index (χ2n) is 21.9. The summed E-state index contributed by atoms with van der Waals surface area (Å²) in [4.78, 5) is 154. The molecule has 0 bridgehead atoms. The molecule has 474 valence electrons. The van der Waals surface area contributed by atoms with Gasteiger partial charge >= 0.3 is 0 Å². The van der Waals surface area contributed by atoms with Gasteiger partial charge in [-0.3, -0.25) is 52.7 Å². The minimum atomic E-state index is -1.70. The van der Waals surface area contributed by atoms with E-state index in [-0.39, 0.29) is 90.0 Å². The van der Waals surface area contributed by atoms with Crippen LogP contribution in [-0.2, 0) is 59.2 Å². The van der Waals surface area contributed by atoms with Gasteiger partial charge in [-0.1, -0.05) is 70.9 Å². The Hall–Kier alpha value is -6.89. The van der Waals surface area contributed by atoms with Crippen molar-refractivity contribution in [3.05, 3.63) is 35.9 Å². The number of hydrogen-bond acceptors (Lipinski definition) is 18. The molecule has 0 saturated carbocycles. The van der Waals surface area contributed by atoms with Crippen molar-refractivity contribution in [2.75, 3.05) is 39.3 Å². The van der Waals surface area contributed by atoms with Crippen LogP contribution in [0.2, 0.25) is 0 Å². The maximum atomic E-state index is 14.5. The Morgan fingerprint density at radius 3 is 1.52 bits per heavy atom. The molecular weight excluding hydrogens is 1090 g/mol. The van der Waals surface area contributed by atoms with Gasteiger partial charge in [0.25, 0.3) is 0 Å². The maximum Gasteiger partial charge on any atom is 0.245 e. The molecule has 1 aliphatic heterocycles. The van der Waals surface area contributed by atoms with Crippen LogP contribution in [0.4, 0.5) is 0 Å². The van der Waals surface area contributed by atoms with E-state index in [2.05, 4.69) is 72.3 Å². The van der Waals surface area contributed by atoms with Crippen molar-refractivity contribution in [2.24, 2.45) is 40.5 Å². The van der Waals surface area contributed by atoms with Crippen LogP contribution in [0.3, 0.4) is 0 Å². The van der Waals surface area contributed by atoms with E-state index < -0.39 is 151 Å². The summed E-state index contributed by atoms with van der Waals surface area (Å²) in [7, 11) is 0. The monoisotopic (exact) mass is 1190 g/mol. The molecule has 2 rings (SSSR count). The van der Waals surface area contributed by atoms with Crippen LogP contribution in [0.25, 0.3) is 0 Å². The molecule has 11 amide bonds. The number of nitrogens with two attached hydrogens (primary N) is 5. The summed E-state index contributed by atoms with van der Waals surface area (Å²) < 4.78 is 0. The van der Waals surface area contributed by atoms with Gasteiger partial charge in [0.1, 0.15) is 60.4 Å². The van der Waals surface area contributed by atoms with Crippen LogP contribution in [0.1, 0.15) is 118 Å². The zero-order chi connectivity index (χ0) is 63.1. The largest absolute Gasteiger partial charge is 0.391 e. The average molecular weight is 1190 g/mol. The summed E-state index contributed by atoms with van der Waals surface area (Å²) in [5, 5.41) is 49.6. The summed E-state index contributed by atoms with van der Waals surface area (Å²) in [6.07, 6.45) is -2.10. The summed E-state index contributed by atoms with van der Waals surface area (Å²) in [5.74, 6) is -9.52. The first-order valence-electron chi connectivity index (χ1n) is 29.0. The first-order valence-corrected chi connectivity index (χ1v) is 29.0. The average Bonchev–Trinajstić information content (AvgIpc) is 3.63. The van der Waals surface area contributed by atoms with Crippen LogP contribution in [0.15, 0.2) is 30.3 Å². The van der Waals surface area contributed by atoms with Gasteiger partial charge in [0.05, 0.1) is 12.2 Å². The number of rotatable bonds is 28. The predicted octanol–water partition coefficient (Wildman–Crippen LogP) is -5.63. The highest BCUT2D eigenvalue weighted by atomic mass is 16.3. The van der Waals surface area contributed by atoms with E-state index in [1.54, 1.807) is 44.2 Å². The molecule has 84 heavy (non-hydrogen) atoms. The van der Waals surface area contributed by atoms with Gasteiger partial charge < -0.3 is 97.4 Å². The minimum Gasteiger partial charge on any atom is -0.391 e. The third-order valence-electron chi connectivity index (χ3n) is 13.6. The Kier molecular flexibility index (Phi) is 33.9. The van der Waals surface area contributed by atoms with E-state index in [1.165, 1.54) is 13.8 Å². The maximum absolute atomic E-state index is 14.5. The molecule has 0 unspecified atom stereocenters. The fourth-order valence-electron chi connectivity index (χ4n) is 8.98. The third-order valence-corrected chi connectivity index (χ3v) is 13.6. The van der Waals surface area contributed by atoms with Gasteiger partial charge in [-0.15, -0.1) is 0 Å². The number of hydrogen-bond donors (Lipinski definition) is 18. The quantitative estimate of drug-likeness (QED) is 0.0348. The highest BCUT2D eigenvalue weighted by molar-refractivity contribution is 5.99. The van der Waals surface area contributed by atoms with E-state index in [0.717, 1.165) is 12.8 Å². The highest BCUT2D eigenvalue weighted by Gasteiger charge is 2.37. The van der Waals surface area contributed by atoms with Crippen molar-refractivity contribution < 1.29 is 63.0 Å². The molecule has 1 saturated heterocycles. The topological polar surface area (TPSA) is 491 Å². The molecule has 1 aromatic rings. The molecule has 1 aliphatic rings. The number of carbonyl (C=O) groups is 11. The summed E-state index contributed by atoms with van der Waals surface area (Å²) in [5.41, 5.74) is 29.9. The van der Waals surface area contributed by atoms with Crippen molar-refractivity contribution in [1.29, 1.82) is 0 Å². The van der Waals surface area contributed by atoms with Crippen LogP contribution < -0.4 is 87.2 Å². The number of aliphatic hydroxyl groups excluding tert-OH is 2. The van der Waals surface area contributed by atoms with Gasteiger partial charge in [0.15, 0.2) is 0 Å². The molecule has 12 atom stereocenters.